The monoisotopic (exact) mass is 575 g/mol. The van der Waals surface area contributed by atoms with E-state index in [0.717, 1.165) is 5.39 Å². The summed E-state index contributed by atoms with van der Waals surface area (Å²) in [4.78, 5) is 30.3. The number of halogens is 1. The van der Waals surface area contributed by atoms with Crippen LogP contribution in [0.5, 0.6) is 17.2 Å². The highest BCUT2D eigenvalue weighted by Gasteiger charge is 2.21. The normalized spacial score (nSPS) is 12.1. The van der Waals surface area contributed by atoms with Crippen LogP contribution in [-0.4, -0.2) is 48.8 Å². The van der Waals surface area contributed by atoms with Crippen molar-refractivity contribution in [3.63, 3.8) is 0 Å². The van der Waals surface area contributed by atoms with Crippen LogP contribution in [0.25, 0.3) is 33.5 Å². The van der Waals surface area contributed by atoms with Gasteiger partial charge in [0.2, 0.25) is 5.82 Å². The van der Waals surface area contributed by atoms with Crippen LogP contribution in [0.2, 0.25) is 5.02 Å². The molecule has 2 heterocycles. The molecule has 0 fully saturated rings. The molecule has 210 valence electrons. The molecule has 0 saturated heterocycles. The molecule has 0 amide bonds. The second-order valence-electron chi connectivity index (χ2n) is 8.84. The van der Waals surface area contributed by atoms with Crippen molar-refractivity contribution in [3.05, 3.63) is 81.6 Å². The third-order valence-electron chi connectivity index (χ3n) is 6.20. The molecule has 3 aromatic carbocycles. The standard InChI is InChI=1S/C30H26ClN3O7/c1-5-39-30(36)17(2)40-27-21(31)13-18(14-25(27)38-4)16-32-34-28(33-22-10-7-6-9-19(22)29(34)35)26-15-20-23(37-3)11-8-12-24(20)41-26/h6-17H,5H2,1-4H3/t17-/m1/s1. The number of ether oxygens (including phenoxy) is 4. The van der Waals surface area contributed by atoms with Gasteiger partial charge in [-0.05, 0) is 61.9 Å². The Bertz CT molecular complexity index is 1840. The highest BCUT2D eigenvalue weighted by atomic mass is 35.5. The van der Waals surface area contributed by atoms with Gasteiger partial charge in [-0.25, -0.2) is 9.78 Å². The van der Waals surface area contributed by atoms with Gasteiger partial charge in [-0.3, -0.25) is 4.79 Å². The first-order chi connectivity index (χ1) is 19.8. The van der Waals surface area contributed by atoms with E-state index in [1.807, 2.05) is 12.1 Å². The van der Waals surface area contributed by atoms with Crippen LogP contribution in [0, 0.1) is 0 Å². The molecule has 0 unspecified atom stereocenters. The fourth-order valence-corrected chi connectivity index (χ4v) is 4.51. The highest BCUT2D eigenvalue weighted by molar-refractivity contribution is 6.32. The largest absolute Gasteiger partial charge is 0.496 e. The molecule has 41 heavy (non-hydrogen) atoms. The van der Waals surface area contributed by atoms with E-state index in [9.17, 15) is 9.59 Å². The third-order valence-corrected chi connectivity index (χ3v) is 6.48. The smallest absolute Gasteiger partial charge is 0.347 e. The maximum atomic E-state index is 13.6. The Balaban J connectivity index is 1.59. The minimum atomic E-state index is -0.909. The summed E-state index contributed by atoms with van der Waals surface area (Å²) < 4.78 is 28.9. The lowest BCUT2D eigenvalue weighted by molar-refractivity contribution is -0.150. The molecule has 0 aliphatic heterocycles. The number of rotatable bonds is 9. The minimum absolute atomic E-state index is 0.174. The summed E-state index contributed by atoms with van der Waals surface area (Å²) in [7, 11) is 3.02. The van der Waals surface area contributed by atoms with Crippen molar-refractivity contribution in [3.8, 4) is 28.8 Å². The van der Waals surface area contributed by atoms with Crippen LogP contribution in [0.1, 0.15) is 19.4 Å². The van der Waals surface area contributed by atoms with Crippen LogP contribution in [-0.2, 0) is 9.53 Å². The van der Waals surface area contributed by atoms with Crippen LogP contribution in [0.15, 0.2) is 75.0 Å². The number of carbonyl (C=O) groups excluding carboxylic acids is 1. The third kappa shape index (κ3) is 5.46. The van der Waals surface area contributed by atoms with Gasteiger partial charge in [0, 0.05) is 0 Å². The summed E-state index contributed by atoms with van der Waals surface area (Å²) in [5.41, 5.74) is 1.17. The topological polar surface area (TPSA) is 114 Å². The number of aromatic nitrogens is 2. The second-order valence-corrected chi connectivity index (χ2v) is 9.25. The molecule has 0 aliphatic carbocycles. The number of fused-ring (bicyclic) bond motifs is 2. The number of hydrogen-bond donors (Lipinski definition) is 0. The molecule has 0 aliphatic rings. The number of esters is 1. The maximum Gasteiger partial charge on any atom is 0.347 e. The molecule has 0 radical (unpaired) electrons. The van der Waals surface area contributed by atoms with Gasteiger partial charge in [-0.2, -0.15) is 9.78 Å². The van der Waals surface area contributed by atoms with Crippen molar-refractivity contribution in [1.82, 2.24) is 9.66 Å². The predicted octanol–water partition coefficient (Wildman–Crippen LogP) is 5.69. The van der Waals surface area contributed by atoms with Crippen molar-refractivity contribution in [2.45, 2.75) is 20.0 Å². The van der Waals surface area contributed by atoms with Crippen LogP contribution in [0.4, 0.5) is 0 Å². The molecule has 5 rings (SSSR count). The first kappa shape index (κ1) is 27.7. The van der Waals surface area contributed by atoms with Crippen molar-refractivity contribution < 1.29 is 28.2 Å². The lowest BCUT2D eigenvalue weighted by Crippen LogP contribution is -2.26. The Morgan fingerprint density at radius 3 is 2.61 bits per heavy atom. The number of furan rings is 1. The second kappa shape index (κ2) is 11.7. The van der Waals surface area contributed by atoms with E-state index in [1.165, 1.54) is 18.0 Å². The van der Waals surface area contributed by atoms with E-state index in [2.05, 4.69) is 5.10 Å². The van der Waals surface area contributed by atoms with E-state index in [0.29, 0.717) is 33.6 Å². The van der Waals surface area contributed by atoms with Crippen molar-refractivity contribution >= 4 is 45.7 Å². The Morgan fingerprint density at radius 2 is 1.85 bits per heavy atom. The van der Waals surface area contributed by atoms with Gasteiger partial charge in [-0.15, -0.1) is 0 Å². The summed E-state index contributed by atoms with van der Waals surface area (Å²) in [6.07, 6.45) is 0.533. The fraction of sp³-hybridized carbons (Fsp3) is 0.200. The van der Waals surface area contributed by atoms with Gasteiger partial charge < -0.3 is 23.4 Å². The summed E-state index contributed by atoms with van der Waals surface area (Å²) in [6, 6.07) is 17.4. The Kier molecular flexibility index (Phi) is 7.93. The maximum absolute atomic E-state index is 13.6. The summed E-state index contributed by atoms with van der Waals surface area (Å²) in [5, 5.41) is 5.76. The number of nitrogens with zero attached hydrogens (tertiary/aromatic N) is 3. The van der Waals surface area contributed by atoms with Crippen LogP contribution < -0.4 is 19.8 Å². The molecule has 1 atom stereocenters. The van der Waals surface area contributed by atoms with Gasteiger partial charge in [0.25, 0.3) is 5.56 Å². The molecular formula is C30H26ClN3O7. The summed E-state index contributed by atoms with van der Waals surface area (Å²) in [6.45, 7) is 3.48. The Labute approximate surface area is 239 Å². The molecule has 10 nitrogen and oxygen atoms in total. The van der Waals surface area contributed by atoms with E-state index in [4.69, 9.17) is 39.9 Å². The summed E-state index contributed by atoms with van der Waals surface area (Å²) >= 11 is 6.50. The minimum Gasteiger partial charge on any atom is -0.496 e. The van der Waals surface area contributed by atoms with Crippen molar-refractivity contribution in [1.29, 1.82) is 0 Å². The highest BCUT2D eigenvalue weighted by Crippen LogP contribution is 2.37. The number of methoxy groups -OCH3 is 2. The lowest BCUT2D eigenvalue weighted by atomic mass is 10.2. The zero-order valence-corrected chi connectivity index (χ0v) is 23.5. The number of carbonyl (C=O) groups is 1. The van der Waals surface area contributed by atoms with Crippen molar-refractivity contribution in [2.75, 3.05) is 20.8 Å². The average molecular weight is 576 g/mol. The molecular weight excluding hydrogens is 550 g/mol. The number of para-hydroxylation sites is 1. The van der Waals surface area contributed by atoms with E-state index in [1.54, 1.807) is 69.5 Å². The average Bonchev–Trinajstić information content (AvgIpc) is 3.42. The SMILES string of the molecule is CCOC(=O)[C@@H](C)Oc1c(Cl)cc(C=Nn2c(-c3cc4c(OC)cccc4o3)nc3ccccc3c2=O)cc1OC. The molecule has 2 aromatic heterocycles. The van der Waals surface area contributed by atoms with Gasteiger partial charge in [-0.1, -0.05) is 29.8 Å². The molecule has 11 heteroatoms. The van der Waals surface area contributed by atoms with E-state index in [-0.39, 0.29) is 29.0 Å². The van der Waals surface area contributed by atoms with E-state index < -0.39 is 17.6 Å². The quantitative estimate of drug-likeness (QED) is 0.163. The number of hydrogen-bond acceptors (Lipinski definition) is 9. The van der Waals surface area contributed by atoms with Crippen LogP contribution in [0.3, 0.4) is 0 Å². The Hall–Kier alpha value is -4.83. The lowest BCUT2D eigenvalue weighted by Gasteiger charge is -2.17. The first-order valence-electron chi connectivity index (χ1n) is 12.7. The molecule has 0 N–H and O–H groups in total. The number of benzene rings is 3. The zero-order valence-electron chi connectivity index (χ0n) is 22.7. The van der Waals surface area contributed by atoms with Gasteiger partial charge in [0.05, 0.1) is 48.4 Å². The fourth-order valence-electron chi connectivity index (χ4n) is 4.25. The van der Waals surface area contributed by atoms with Gasteiger partial charge >= 0.3 is 5.97 Å². The van der Waals surface area contributed by atoms with E-state index >= 15 is 0 Å². The zero-order chi connectivity index (χ0) is 29.1. The molecule has 0 saturated carbocycles. The van der Waals surface area contributed by atoms with Crippen molar-refractivity contribution in [2.24, 2.45) is 5.10 Å². The predicted molar refractivity (Wildman–Crippen MR) is 155 cm³/mol. The van der Waals surface area contributed by atoms with Gasteiger partial charge in [0.1, 0.15) is 11.3 Å². The first-order valence-corrected chi connectivity index (χ1v) is 13.1. The summed E-state index contributed by atoms with van der Waals surface area (Å²) in [5.74, 6) is 1.06. The molecule has 0 bridgehead atoms. The Morgan fingerprint density at radius 1 is 1.07 bits per heavy atom. The molecule has 0 spiro atoms. The van der Waals surface area contributed by atoms with Crippen LogP contribution >= 0.6 is 11.6 Å². The molecule has 5 aromatic rings. The van der Waals surface area contributed by atoms with Gasteiger partial charge in [0.15, 0.2) is 23.4 Å².